The molecule has 0 radical (unpaired) electrons. The summed E-state index contributed by atoms with van der Waals surface area (Å²) < 4.78 is 0. The number of amides is 1. The number of carbonyl (C=O) groups is 1. The molecule has 2 aliphatic rings. The van der Waals surface area contributed by atoms with E-state index in [0.717, 1.165) is 21.2 Å². The van der Waals surface area contributed by atoms with Gasteiger partial charge in [0.2, 0.25) is 0 Å². The van der Waals surface area contributed by atoms with E-state index in [2.05, 4.69) is 22.4 Å². The van der Waals surface area contributed by atoms with Gasteiger partial charge in [0.25, 0.3) is 5.91 Å². The molecule has 2 N–H and O–H groups in total. The van der Waals surface area contributed by atoms with Gasteiger partial charge in [-0.25, -0.2) is 4.99 Å². The average molecular weight is 514 g/mol. The van der Waals surface area contributed by atoms with E-state index in [-0.39, 0.29) is 12.5 Å². The first kappa shape index (κ1) is 24.0. The van der Waals surface area contributed by atoms with Gasteiger partial charge in [-0.2, -0.15) is 5.26 Å². The molecule has 36 heavy (non-hydrogen) atoms. The normalized spacial score (nSPS) is 18.0. The molecule has 1 fully saturated rings. The van der Waals surface area contributed by atoms with Crippen LogP contribution in [0.25, 0.3) is 0 Å². The number of aliphatic hydroxyl groups excluding tert-OH is 1. The molecule has 0 aliphatic carbocycles. The van der Waals surface area contributed by atoms with Gasteiger partial charge in [0, 0.05) is 18.5 Å². The zero-order valence-corrected chi connectivity index (χ0v) is 21.1. The van der Waals surface area contributed by atoms with Crippen LogP contribution in [-0.2, 0) is 11.3 Å². The lowest BCUT2D eigenvalue weighted by atomic mass is 10.2. The molecule has 3 aromatic carbocycles. The summed E-state index contributed by atoms with van der Waals surface area (Å²) in [6.07, 6.45) is 0. The van der Waals surface area contributed by atoms with Crippen molar-refractivity contribution in [2.75, 3.05) is 30.4 Å². The smallest absolute Gasteiger partial charge is 0.269 e. The highest BCUT2D eigenvalue weighted by Crippen LogP contribution is 2.50. The Hall–Kier alpha value is -3.71. The number of anilines is 2. The Morgan fingerprint density at radius 3 is 2.58 bits per heavy atom. The van der Waals surface area contributed by atoms with E-state index in [4.69, 9.17) is 4.99 Å². The van der Waals surface area contributed by atoms with Crippen LogP contribution in [-0.4, -0.2) is 41.3 Å². The quantitative estimate of drug-likeness (QED) is 0.441. The second-order valence-electron chi connectivity index (χ2n) is 8.13. The van der Waals surface area contributed by atoms with Gasteiger partial charge in [-0.1, -0.05) is 54.2 Å². The van der Waals surface area contributed by atoms with Gasteiger partial charge in [0.15, 0.2) is 5.17 Å². The fourth-order valence-corrected chi connectivity index (χ4v) is 6.30. The van der Waals surface area contributed by atoms with Crippen molar-refractivity contribution in [1.82, 2.24) is 4.90 Å². The van der Waals surface area contributed by atoms with Gasteiger partial charge in [-0.3, -0.25) is 9.69 Å². The maximum atomic E-state index is 13.8. The Morgan fingerprint density at radius 1 is 1.06 bits per heavy atom. The predicted octanol–water partition coefficient (Wildman–Crippen LogP) is 5.14. The lowest BCUT2D eigenvalue weighted by Crippen LogP contribution is -2.29. The van der Waals surface area contributed by atoms with Gasteiger partial charge in [-0.05, 0) is 47.7 Å². The molecule has 180 valence electrons. The van der Waals surface area contributed by atoms with Gasteiger partial charge in [-0.15, -0.1) is 0 Å². The summed E-state index contributed by atoms with van der Waals surface area (Å²) in [5.41, 5.74) is 3.75. The van der Waals surface area contributed by atoms with Crippen molar-refractivity contribution in [1.29, 1.82) is 5.26 Å². The van der Waals surface area contributed by atoms with Crippen molar-refractivity contribution in [3.8, 4) is 6.07 Å². The van der Waals surface area contributed by atoms with E-state index in [1.54, 1.807) is 34.9 Å². The number of amidine groups is 1. The van der Waals surface area contributed by atoms with E-state index in [0.29, 0.717) is 40.1 Å². The molecule has 2 aliphatic heterocycles. The third-order valence-electron chi connectivity index (χ3n) is 5.75. The highest BCUT2D eigenvalue weighted by Gasteiger charge is 2.39. The summed E-state index contributed by atoms with van der Waals surface area (Å²) in [4.78, 5) is 24.1. The number of aliphatic hydroxyl groups is 1. The summed E-state index contributed by atoms with van der Waals surface area (Å²) in [6, 6.07) is 25.2. The molecule has 1 amide bonds. The van der Waals surface area contributed by atoms with Crippen molar-refractivity contribution in [3.05, 3.63) is 93.9 Å². The minimum atomic E-state index is -0.105. The number of hydrogen-bond acceptors (Lipinski definition) is 8. The van der Waals surface area contributed by atoms with Gasteiger partial charge >= 0.3 is 0 Å². The van der Waals surface area contributed by atoms with E-state index in [1.807, 2.05) is 55.6 Å². The number of benzene rings is 3. The third-order valence-corrected chi connectivity index (χ3v) is 8.18. The van der Waals surface area contributed by atoms with Gasteiger partial charge < -0.3 is 15.3 Å². The summed E-state index contributed by atoms with van der Waals surface area (Å²) in [6.45, 7) is 0.684. The van der Waals surface area contributed by atoms with Crippen molar-refractivity contribution in [2.24, 2.45) is 4.99 Å². The number of carbonyl (C=O) groups excluding carboxylic acids is 1. The molecule has 0 unspecified atom stereocenters. The summed E-state index contributed by atoms with van der Waals surface area (Å²) in [7, 11) is 1.97. The number of aliphatic imine (C=N–C) groups is 1. The molecule has 0 saturated carbocycles. The van der Waals surface area contributed by atoms with Crippen LogP contribution < -0.4 is 10.2 Å². The lowest BCUT2D eigenvalue weighted by Gasteiger charge is -2.17. The number of nitriles is 1. The maximum Gasteiger partial charge on any atom is 0.269 e. The SMILES string of the molecule is CN1C(=C2SC(=Nc3cc(C#N)ccc3NCCO)N(Cc3ccccc3)C2=O)Sc2ccccc21. The highest BCUT2D eigenvalue weighted by atomic mass is 32.2. The molecular formula is C27H23N5O2S2. The standard InChI is InChI=1S/C27H23N5O2S2/c1-31-22-9-5-6-10-23(22)35-26(31)24-25(34)32(17-18-7-3-2-4-8-18)27(36-24)30-21-15-19(16-28)11-12-20(21)29-13-14-33/h2-12,15,29,33H,13-14,17H2,1H3. The molecule has 0 atom stereocenters. The summed E-state index contributed by atoms with van der Waals surface area (Å²) in [5.74, 6) is -0.105. The Kier molecular flexibility index (Phi) is 7.00. The average Bonchev–Trinajstić information content (AvgIpc) is 3.40. The van der Waals surface area contributed by atoms with Crippen LogP contribution in [0.15, 0.2) is 92.6 Å². The predicted molar refractivity (Wildman–Crippen MR) is 146 cm³/mol. The van der Waals surface area contributed by atoms with Crippen LogP contribution in [0, 0.1) is 11.3 Å². The summed E-state index contributed by atoms with van der Waals surface area (Å²) in [5, 5.41) is 23.3. The second kappa shape index (κ2) is 10.5. The number of fused-ring (bicyclic) bond motifs is 1. The van der Waals surface area contributed by atoms with E-state index < -0.39 is 0 Å². The molecule has 2 heterocycles. The monoisotopic (exact) mass is 513 g/mol. The molecule has 1 saturated heterocycles. The van der Waals surface area contributed by atoms with Crippen molar-refractivity contribution in [3.63, 3.8) is 0 Å². The Labute approximate surface area is 218 Å². The molecule has 9 heteroatoms. The second-order valence-corrected chi connectivity index (χ2v) is 10.1. The Morgan fingerprint density at radius 2 is 1.83 bits per heavy atom. The minimum Gasteiger partial charge on any atom is -0.395 e. The van der Waals surface area contributed by atoms with Crippen LogP contribution in [0.5, 0.6) is 0 Å². The third kappa shape index (κ3) is 4.71. The van der Waals surface area contributed by atoms with Gasteiger partial charge in [0.05, 0.1) is 46.9 Å². The minimum absolute atomic E-state index is 0.0380. The zero-order chi connectivity index (χ0) is 25.1. The van der Waals surface area contributed by atoms with E-state index in [9.17, 15) is 15.2 Å². The van der Waals surface area contributed by atoms with Gasteiger partial charge in [0.1, 0.15) is 4.91 Å². The molecular weight excluding hydrogens is 490 g/mol. The Bertz CT molecular complexity index is 1420. The fraction of sp³-hybridized carbons (Fsp3) is 0.148. The molecule has 3 aromatic rings. The number of rotatable bonds is 6. The first-order chi connectivity index (χ1) is 17.6. The number of nitrogens with one attached hydrogen (secondary N) is 1. The summed E-state index contributed by atoms with van der Waals surface area (Å²) >= 11 is 2.92. The first-order valence-corrected chi connectivity index (χ1v) is 13.0. The topological polar surface area (TPSA) is 92.0 Å². The largest absolute Gasteiger partial charge is 0.395 e. The van der Waals surface area contributed by atoms with Crippen LogP contribution in [0.2, 0.25) is 0 Å². The van der Waals surface area contributed by atoms with Crippen molar-refractivity contribution >= 4 is 51.7 Å². The van der Waals surface area contributed by atoms with E-state index in [1.165, 1.54) is 11.8 Å². The fourth-order valence-electron chi connectivity index (χ4n) is 3.96. The van der Waals surface area contributed by atoms with Crippen LogP contribution in [0.3, 0.4) is 0 Å². The molecule has 0 bridgehead atoms. The highest BCUT2D eigenvalue weighted by molar-refractivity contribution is 8.19. The van der Waals surface area contributed by atoms with Crippen molar-refractivity contribution < 1.29 is 9.90 Å². The van der Waals surface area contributed by atoms with Crippen LogP contribution in [0.4, 0.5) is 17.1 Å². The van der Waals surface area contributed by atoms with Crippen molar-refractivity contribution in [2.45, 2.75) is 11.4 Å². The molecule has 5 rings (SSSR count). The molecule has 0 spiro atoms. The first-order valence-electron chi connectivity index (χ1n) is 11.3. The lowest BCUT2D eigenvalue weighted by molar-refractivity contribution is -0.122. The van der Waals surface area contributed by atoms with Crippen LogP contribution >= 0.6 is 23.5 Å². The molecule has 7 nitrogen and oxygen atoms in total. The maximum absolute atomic E-state index is 13.8. The van der Waals surface area contributed by atoms with Crippen LogP contribution in [0.1, 0.15) is 11.1 Å². The molecule has 0 aromatic heterocycles. The number of thioether (sulfide) groups is 2. The number of hydrogen-bond donors (Lipinski definition) is 2. The Balaban J connectivity index is 1.58. The zero-order valence-electron chi connectivity index (χ0n) is 19.5. The van der Waals surface area contributed by atoms with E-state index >= 15 is 0 Å². The number of para-hydroxylation sites is 1. The number of nitrogens with zero attached hydrogens (tertiary/aromatic N) is 4.